The maximum atomic E-state index is 14.1. The second-order valence-corrected chi connectivity index (χ2v) is 12.8. The molecule has 1 fully saturated rings. The molecule has 0 aliphatic heterocycles. The van der Waals surface area contributed by atoms with Crippen molar-refractivity contribution in [3.05, 3.63) is 112 Å². The van der Waals surface area contributed by atoms with Gasteiger partial charge in [0, 0.05) is 23.1 Å². The number of rotatable bonds is 15. The van der Waals surface area contributed by atoms with Gasteiger partial charge in [-0.05, 0) is 87.2 Å². The molecular formula is C38H38ClFN2O7. The maximum Gasteiger partial charge on any atom is 0.330 e. The lowest BCUT2D eigenvalue weighted by Crippen LogP contribution is -2.49. The number of esters is 1. The van der Waals surface area contributed by atoms with Gasteiger partial charge < -0.3 is 19.3 Å². The number of aromatic nitrogens is 1. The summed E-state index contributed by atoms with van der Waals surface area (Å²) in [6.45, 7) is 2.85. The zero-order valence-corrected chi connectivity index (χ0v) is 28.5. The molecule has 1 heterocycles. The molecule has 5 rings (SSSR count). The summed E-state index contributed by atoms with van der Waals surface area (Å²) in [5, 5.41) is 14.7. The van der Waals surface area contributed by atoms with Gasteiger partial charge in [-0.25, -0.2) is 14.2 Å². The standard InChI is InChI=1S/C38H38ClFN2O7/c1-37(46,17-16-31(43)25-11-15-33(34(19-25)47-3)49-27-12-13-27)35-21-26(20-30(42-35)24-10-14-29(40)28(39)18-24)38(2,36(45)48-4)41-22-32(44)23-8-6-5-7-9-23/h5-11,14-15,18-21,27,41,46H,12-13,16-17,22H2,1-4H3. The number of pyridine rings is 1. The Morgan fingerprint density at radius 3 is 2.33 bits per heavy atom. The number of halogens is 2. The number of nitrogens with zero attached hydrogens (tertiary/aromatic N) is 1. The zero-order chi connectivity index (χ0) is 35.3. The Hall–Kier alpha value is -4.64. The van der Waals surface area contributed by atoms with Crippen molar-refractivity contribution in [3.63, 3.8) is 0 Å². The van der Waals surface area contributed by atoms with Crippen molar-refractivity contribution < 1.29 is 38.1 Å². The lowest BCUT2D eigenvalue weighted by molar-refractivity contribution is -0.148. The number of ether oxygens (including phenoxy) is 3. The van der Waals surface area contributed by atoms with E-state index in [1.165, 1.54) is 45.4 Å². The number of Topliss-reactive ketones (excluding diaryl/α,β-unsaturated/α-hetero) is 2. The van der Waals surface area contributed by atoms with E-state index in [1.54, 1.807) is 61.5 Å². The average Bonchev–Trinajstić information content (AvgIpc) is 3.94. The van der Waals surface area contributed by atoms with E-state index in [-0.39, 0.29) is 53.5 Å². The van der Waals surface area contributed by atoms with Crippen LogP contribution in [0.2, 0.25) is 5.02 Å². The van der Waals surface area contributed by atoms with Crippen LogP contribution in [0.1, 0.15) is 71.5 Å². The number of benzene rings is 3. The van der Waals surface area contributed by atoms with Gasteiger partial charge in [0.25, 0.3) is 0 Å². The summed E-state index contributed by atoms with van der Waals surface area (Å²) < 4.78 is 30.6. The van der Waals surface area contributed by atoms with E-state index in [0.717, 1.165) is 12.8 Å². The van der Waals surface area contributed by atoms with E-state index < -0.39 is 22.9 Å². The molecule has 11 heteroatoms. The summed E-state index contributed by atoms with van der Waals surface area (Å²) in [4.78, 5) is 44.4. The minimum absolute atomic E-state index is 0.0383. The smallest absolute Gasteiger partial charge is 0.330 e. The second kappa shape index (κ2) is 14.9. The van der Waals surface area contributed by atoms with Crippen LogP contribution in [-0.2, 0) is 20.7 Å². The molecule has 1 aromatic heterocycles. The van der Waals surface area contributed by atoms with E-state index in [2.05, 4.69) is 10.3 Å². The molecule has 1 aliphatic carbocycles. The van der Waals surface area contributed by atoms with Gasteiger partial charge in [0.05, 0.1) is 43.3 Å². The molecule has 2 N–H and O–H groups in total. The van der Waals surface area contributed by atoms with Crippen LogP contribution >= 0.6 is 11.6 Å². The minimum atomic E-state index is -1.68. The molecule has 49 heavy (non-hydrogen) atoms. The van der Waals surface area contributed by atoms with Crippen molar-refractivity contribution in [1.29, 1.82) is 0 Å². The number of nitrogens with one attached hydrogen (secondary N) is 1. The second-order valence-electron chi connectivity index (χ2n) is 12.4. The van der Waals surface area contributed by atoms with Crippen LogP contribution < -0.4 is 14.8 Å². The van der Waals surface area contributed by atoms with E-state index in [1.807, 2.05) is 0 Å². The molecule has 2 atom stereocenters. The summed E-state index contributed by atoms with van der Waals surface area (Å²) >= 11 is 6.11. The molecular weight excluding hydrogens is 651 g/mol. The van der Waals surface area contributed by atoms with Crippen molar-refractivity contribution in [2.45, 2.75) is 56.8 Å². The van der Waals surface area contributed by atoms with Gasteiger partial charge in [-0.2, -0.15) is 0 Å². The number of methoxy groups -OCH3 is 2. The van der Waals surface area contributed by atoms with Crippen LogP contribution in [-0.4, -0.2) is 54.5 Å². The number of aliphatic hydroxyl groups is 1. The molecule has 3 aromatic carbocycles. The van der Waals surface area contributed by atoms with Crippen LogP contribution in [0.4, 0.5) is 4.39 Å². The summed E-state index contributed by atoms with van der Waals surface area (Å²) in [7, 11) is 2.73. The van der Waals surface area contributed by atoms with E-state index in [0.29, 0.717) is 33.8 Å². The van der Waals surface area contributed by atoms with Crippen molar-refractivity contribution in [3.8, 4) is 22.8 Å². The number of ketones is 2. The fourth-order valence-corrected chi connectivity index (χ4v) is 5.49. The molecule has 9 nitrogen and oxygen atoms in total. The number of hydrogen-bond donors (Lipinski definition) is 2. The summed E-state index contributed by atoms with van der Waals surface area (Å²) in [5.41, 5.74) is -1.31. The van der Waals surface area contributed by atoms with Crippen molar-refractivity contribution in [2.75, 3.05) is 20.8 Å². The van der Waals surface area contributed by atoms with Crippen LogP contribution in [0.3, 0.4) is 0 Å². The Bertz CT molecular complexity index is 1860. The van der Waals surface area contributed by atoms with Gasteiger partial charge in [-0.1, -0.05) is 41.9 Å². The molecule has 0 radical (unpaired) electrons. The van der Waals surface area contributed by atoms with E-state index >= 15 is 0 Å². The highest BCUT2D eigenvalue weighted by Crippen LogP contribution is 2.36. The summed E-state index contributed by atoms with van der Waals surface area (Å²) in [6, 6.07) is 20.8. The van der Waals surface area contributed by atoms with Gasteiger partial charge in [-0.15, -0.1) is 0 Å². The van der Waals surface area contributed by atoms with Gasteiger partial charge >= 0.3 is 5.97 Å². The monoisotopic (exact) mass is 688 g/mol. The molecule has 0 saturated heterocycles. The maximum absolute atomic E-state index is 14.1. The molecule has 0 spiro atoms. The number of carbonyl (C=O) groups is 3. The quantitative estimate of drug-likeness (QED) is 0.102. The Labute approximate surface area is 289 Å². The SMILES string of the molecule is COC(=O)C(C)(NCC(=O)c1ccccc1)c1cc(-c2ccc(F)c(Cl)c2)nc(C(C)(O)CCC(=O)c2ccc(OC3CC3)c(OC)c2)c1. The number of hydrogen-bond acceptors (Lipinski definition) is 9. The van der Waals surface area contributed by atoms with Gasteiger partial charge in [-0.3, -0.25) is 14.9 Å². The van der Waals surface area contributed by atoms with Crippen LogP contribution in [0.5, 0.6) is 11.5 Å². The highest BCUT2D eigenvalue weighted by atomic mass is 35.5. The predicted molar refractivity (Wildman–Crippen MR) is 183 cm³/mol. The molecule has 256 valence electrons. The fraction of sp³-hybridized carbons (Fsp3) is 0.316. The highest BCUT2D eigenvalue weighted by molar-refractivity contribution is 6.31. The van der Waals surface area contributed by atoms with E-state index in [4.69, 9.17) is 25.8 Å². The van der Waals surface area contributed by atoms with Crippen molar-refractivity contribution in [1.82, 2.24) is 10.3 Å². The fourth-order valence-electron chi connectivity index (χ4n) is 5.31. The number of carbonyl (C=O) groups excluding carboxylic acids is 3. The highest BCUT2D eigenvalue weighted by Gasteiger charge is 2.39. The average molecular weight is 689 g/mol. The first-order chi connectivity index (χ1) is 23.3. The van der Waals surface area contributed by atoms with Gasteiger partial charge in [0.2, 0.25) is 0 Å². The molecule has 0 amide bonds. The summed E-state index contributed by atoms with van der Waals surface area (Å²) in [6.07, 6.45) is 2.02. The zero-order valence-electron chi connectivity index (χ0n) is 27.7. The Morgan fingerprint density at radius 2 is 1.67 bits per heavy atom. The van der Waals surface area contributed by atoms with Crippen LogP contribution in [0.25, 0.3) is 11.3 Å². The van der Waals surface area contributed by atoms with Crippen LogP contribution in [0, 0.1) is 5.82 Å². The summed E-state index contributed by atoms with van der Waals surface area (Å²) in [5.74, 6) is -0.816. The first-order valence-corrected chi connectivity index (χ1v) is 16.2. The third-order valence-corrected chi connectivity index (χ3v) is 8.89. The van der Waals surface area contributed by atoms with Crippen molar-refractivity contribution >= 4 is 29.1 Å². The lowest BCUT2D eigenvalue weighted by Gasteiger charge is -2.31. The largest absolute Gasteiger partial charge is 0.493 e. The van der Waals surface area contributed by atoms with E-state index in [9.17, 15) is 23.9 Å². The molecule has 2 unspecified atom stereocenters. The molecule has 4 aromatic rings. The first kappa shape index (κ1) is 35.7. The lowest BCUT2D eigenvalue weighted by atomic mass is 9.86. The van der Waals surface area contributed by atoms with Crippen LogP contribution in [0.15, 0.2) is 78.9 Å². The Morgan fingerprint density at radius 1 is 0.939 bits per heavy atom. The third-order valence-electron chi connectivity index (χ3n) is 8.60. The third kappa shape index (κ3) is 8.33. The minimum Gasteiger partial charge on any atom is -0.493 e. The predicted octanol–water partition coefficient (Wildman–Crippen LogP) is 6.82. The van der Waals surface area contributed by atoms with Crippen molar-refractivity contribution in [2.24, 2.45) is 0 Å². The normalized spacial score (nSPS) is 15.1. The first-order valence-electron chi connectivity index (χ1n) is 15.8. The molecule has 0 bridgehead atoms. The Kier molecular flexibility index (Phi) is 10.8. The molecule has 1 aliphatic rings. The Balaban J connectivity index is 1.47. The van der Waals surface area contributed by atoms with Gasteiger partial charge in [0.1, 0.15) is 17.0 Å². The molecule has 1 saturated carbocycles. The van der Waals surface area contributed by atoms with Gasteiger partial charge in [0.15, 0.2) is 23.1 Å². The topological polar surface area (TPSA) is 124 Å².